The van der Waals surface area contributed by atoms with E-state index < -0.39 is 0 Å². The van der Waals surface area contributed by atoms with Gasteiger partial charge in [0.2, 0.25) is 0 Å². The molecule has 2 nitrogen and oxygen atoms in total. The summed E-state index contributed by atoms with van der Waals surface area (Å²) in [6.07, 6.45) is 0. The number of hydrogen-bond donors (Lipinski definition) is 1. The van der Waals surface area contributed by atoms with Gasteiger partial charge < -0.3 is 10.2 Å². The number of hydrogen-bond acceptors (Lipinski definition) is 3. The molecule has 17 heavy (non-hydrogen) atoms. The number of nitrogens with two attached hydrogens (primary N) is 1. The zero-order chi connectivity index (χ0) is 11.8. The Balaban J connectivity index is 2.03. The Labute approximate surface area is 108 Å². The van der Waals surface area contributed by atoms with Gasteiger partial charge in [-0.25, -0.2) is 0 Å². The van der Waals surface area contributed by atoms with E-state index in [9.17, 15) is 0 Å². The summed E-state index contributed by atoms with van der Waals surface area (Å²) in [5, 5.41) is 1.07. The van der Waals surface area contributed by atoms with Gasteiger partial charge >= 0.3 is 0 Å². The molecule has 3 aromatic rings. The van der Waals surface area contributed by atoms with Crippen LogP contribution in [0.15, 0.2) is 46.9 Å². The Morgan fingerprint density at radius 1 is 1.18 bits per heavy atom. The van der Waals surface area contributed by atoms with Gasteiger partial charge in [-0.05, 0) is 24.3 Å². The van der Waals surface area contributed by atoms with E-state index in [4.69, 9.17) is 21.8 Å². The SMILES string of the molecule is NC(c1cc2ccccc2o1)c1ccc(Cl)s1. The molecule has 0 bridgehead atoms. The van der Waals surface area contributed by atoms with Crippen LogP contribution in [0.25, 0.3) is 11.0 Å². The Kier molecular flexibility index (Phi) is 2.67. The Hall–Kier alpha value is -1.29. The molecule has 0 fully saturated rings. The van der Waals surface area contributed by atoms with Gasteiger partial charge in [0.1, 0.15) is 11.3 Å². The Bertz CT molecular complexity index is 625. The van der Waals surface area contributed by atoms with Crippen LogP contribution in [0.4, 0.5) is 0 Å². The topological polar surface area (TPSA) is 39.2 Å². The third-order valence-corrected chi connectivity index (χ3v) is 3.97. The van der Waals surface area contributed by atoms with Gasteiger partial charge in [0.05, 0.1) is 10.4 Å². The number of halogens is 1. The summed E-state index contributed by atoms with van der Waals surface area (Å²) in [4.78, 5) is 1.01. The van der Waals surface area contributed by atoms with Crippen molar-refractivity contribution >= 4 is 33.9 Å². The van der Waals surface area contributed by atoms with E-state index in [1.807, 2.05) is 42.5 Å². The molecule has 2 N–H and O–H groups in total. The molecule has 3 rings (SSSR count). The van der Waals surface area contributed by atoms with Crippen molar-refractivity contribution in [3.8, 4) is 0 Å². The average molecular weight is 264 g/mol. The molecule has 0 amide bonds. The van der Waals surface area contributed by atoms with Crippen LogP contribution in [0.5, 0.6) is 0 Å². The third kappa shape index (κ3) is 1.97. The highest BCUT2D eigenvalue weighted by molar-refractivity contribution is 7.16. The standard InChI is InChI=1S/C13H10ClNOS/c14-12-6-5-11(17-12)13(15)10-7-8-3-1-2-4-9(8)16-10/h1-7,13H,15H2. The first-order chi connectivity index (χ1) is 8.24. The lowest BCUT2D eigenvalue weighted by atomic mass is 10.2. The summed E-state index contributed by atoms with van der Waals surface area (Å²) in [6.45, 7) is 0. The van der Waals surface area contributed by atoms with Crippen molar-refractivity contribution in [3.05, 3.63) is 57.4 Å². The number of thiophene rings is 1. The molecule has 0 spiro atoms. The van der Waals surface area contributed by atoms with Crippen LogP contribution < -0.4 is 5.73 Å². The molecule has 0 aliphatic heterocycles. The summed E-state index contributed by atoms with van der Waals surface area (Å²) in [6, 6.07) is 13.4. The highest BCUT2D eigenvalue weighted by atomic mass is 35.5. The number of benzene rings is 1. The van der Waals surface area contributed by atoms with Crippen molar-refractivity contribution in [1.29, 1.82) is 0 Å². The van der Waals surface area contributed by atoms with Gasteiger partial charge in [-0.15, -0.1) is 11.3 Å². The Morgan fingerprint density at radius 2 is 2.00 bits per heavy atom. The Morgan fingerprint density at radius 3 is 2.71 bits per heavy atom. The summed E-state index contributed by atoms with van der Waals surface area (Å²) < 4.78 is 6.47. The summed E-state index contributed by atoms with van der Waals surface area (Å²) in [5.41, 5.74) is 7.01. The van der Waals surface area contributed by atoms with Crippen molar-refractivity contribution in [1.82, 2.24) is 0 Å². The first-order valence-electron chi connectivity index (χ1n) is 5.23. The molecule has 0 saturated carbocycles. The fraction of sp³-hybridized carbons (Fsp3) is 0.0769. The van der Waals surface area contributed by atoms with Gasteiger partial charge in [0.15, 0.2) is 0 Å². The van der Waals surface area contributed by atoms with Gasteiger partial charge in [0, 0.05) is 10.3 Å². The molecule has 4 heteroatoms. The van der Waals surface area contributed by atoms with E-state index in [1.54, 1.807) is 0 Å². The van der Waals surface area contributed by atoms with Gasteiger partial charge in [-0.2, -0.15) is 0 Å². The molecular weight excluding hydrogens is 254 g/mol. The minimum atomic E-state index is -0.250. The average Bonchev–Trinajstić information content (AvgIpc) is 2.93. The maximum atomic E-state index is 6.15. The van der Waals surface area contributed by atoms with Crippen LogP contribution in [-0.2, 0) is 0 Å². The fourth-order valence-electron chi connectivity index (χ4n) is 1.79. The fourth-order valence-corrected chi connectivity index (χ4v) is 2.86. The van der Waals surface area contributed by atoms with Crippen LogP contribution >= 0.6 is 22.9 Å². The zero-order valence-corrected chi connectivity index (χ0v) is 10.5. The van der Waals surface area contributed by atoms with E-state index in [1.165, 1.54) is 11.3 Å². The van der Waals surface area contributed by atoms with E-state index in [2.05, 4.69) is 0 Å². The molecule has 86 valence electrons. The van der Waals surface area contributed by atoms with Crippen molar-refractivity contribution in [3.63, 3.8) is 0 Å². The molecule has 1 atom stereocenters. The van der Waals surface area contributed by atoms with Crippen LogP contribution in [-0.4, -0.2) is 0 Å². The second-order valence-corrected chi connectivity index (χ2v) is 5.55. The van der Waals surface area contributed by atoms with E-state index in [0.717, 1.165) is 25.9 Å². The summed E-state index contributed by atoms with van der Waals surface area (Å²) in [5.74, 6) is 0.768. The lowest BCUT2D eigenvalue weighted by molar-refractivity contribution is 0.528. The van der Waals surface area contributed by atoms with E-state index in [0.29, 0.717) is 0 Å². The van der Waals surface area contributed by atoms with Gasteiger partial charge in [-0.3, -0.25) is 0 Å². The van der Waals surface area contributed by atoms with Crippen LogP contribution in [0.1, 0.15) is 16.7 Å². The zero-order valence-electron chi connectivity index (χ0n) is 8.89. The second kappa shape index (κ2) is 4.18. The number of furan rings is 1. The highest BCUT2D eigenvalue weighted by Gasteiger charge is 2.15. The first-order valence-corrected chi connectivity index (χ1v) is 6.43. The monoisotopic (exact) mass is 263 g/mol. The van der Waals surface area contributed by atoms with E-state index >= 15 is 0 Å². The largest absolute Gasteiger partial charge is 0.459 e. The molecule has 0 radical (unpaired) electrons. The smallest absolute Gasteiger partial charge is 0.134 e. The molecular formula is C13H10ClNOS. The van der Waals surface area contributed by atoms with Gasteiger partial charge in [-0.1, -0.05) is 29.8 Å². The second-order valence-electron chi connectivity index (χ2n) is 3.81. The van der Waals surface area contributed by atoms with Gasteiger partial charge in [0.25, 0.3) is 0 Å². The highest BCUT2D eigenvalue weighted by Crippen LogP contribution is 2.32. The molecule has 2 heterocycles. The molecule has 1 aromatic carbocycles. The van der Waals surface area contributed by atoms with Crippen molar-refractivity contribution in [2.75, 3.05) is 0 Å². The normalized spacial score (nSPS) is 13.1. The third-order valence-electron chi connectivity index (χ3n) is 2.65. The van der Waals surface area contributed by atoms with Crippen molar-refractivity contribution in [2.24, 2.45) is 5.73 Å². The predicted octanol–water partition coefficient (Wildman–Crippen LogP) is 4.20. The van der Waals surface area contributed by atoms with Crippen LogP contribution in [0.3, 0.4) is 0 Å². The van der Waals surface area contributed by atoms with Crippen molar-refractivity contribution in [2.45, 2.75) is 6.04 Å². The quantitative estimate of drug-likeness (QED) is 0.753. The van der Waals surface area contributed by atoms with Crippen molar-refractivity contribution < 1.29 is 4.42 Å². The lowest BCUT2D eigenvalue weighted by Crippen LogP contribution is -2.08. The molecule has 0 saturated heterocycles. The number of rotatable bonds is 2. The lowest BCUT2D eigenvalue weighted by Gasteiger charge is -2.04. The summed E-state index contributed by atoms with van der Waals surface area (Å²) in [7, 11) is 0. The van der Waals surface area contributed by atoms with Crippen LogP contribution in [0, 0.1) is 0 Å². The maximum absolute atomic E-state index is 6.15. The number of para-hydroxylation sites is 1. The summed E-state index contributed by atoms with van der Waals surface area (Å²) >= 11 is 7.38. The van der Waals surface area contributed by atoms with E-state index in [-0.39, 0.29) is 6.04 Å². The predicted molar refractivity (Wildman–Crippen MR) is 71.6 cm³/mol. The minimum Gasteiger partial charge on any atom is -0.459 e. The maximum Gasteiger partial charge on any atom is 0.134 e. The molecule has 2 aromatic heterocycles. The molecule has 0 aliphatic carbocycles. The first kappa shape index (κ1) is 10.8. The molecule has 1 unspecified atom stereocenters. The molecule has 0 aliphatic rings. The minimum absolute atomic E-state index is 0.250. The van der Waals surface area contributed by atoms with Crippen LogP contribution in [0.2, 0.25) is 4.34 Å². The number of fused-ring (bicyclic) bond motifs is 1.